The summed E-state index contributed by atoms with van der Waals surface area (Å²) >= 11 is 2.10. The van der Waals surface area contributed by atoms with Gasteiger partial charge in [0.1, 0.15) is 0 Å². The van der Waals surface area contributed by atoms with Crippen LogP contribution in [0.4, 0.5) is 0 Å². The van der Waals surface area contributed by atoms with E-state index in [0.29, 0.717) is 13.2 Å². The van der Waals surface area contributed by atoms with Crippen LogP contribution in [0.5, 0.6) is 0 Å². The molecule has 0 fully saturated rings. The largest absolute Gasteiger partial charge is 0.378 e. The summed E-state index contributed by atoms with van der Waals surface area (Å²) in [6, 6.07) is 0. The highest BCUT2D eigenvalue weighted by molar-refractivity contribution is 14.1. The highest BCUT2D eigenvalue weighted by atomic mass is 127. The van der Waals surface area contributed by atoms with Gasteiger partial charge in [0.25, 0.3) is 0 Å². The minimum Gasteiger partial charge on any atom is -0.378 e. The summed E-state index contributed by atoms with van der Waals surface area (Å²) < 4.78 is 13.5. The van der Waals surface area contributed by atoms with Gasteiger partial charge >= 0.3 is 0 Å². The van der Waals surface area contributed by atoms with E-state index < -0.39 is 0 Å². The van der Waals surface area contributed by atoms with Gasteiger partial charge in [-0.05, 0) is 7.05 Å². The van der Waals surface area contributed by atoms with E-state index in [1.165, 1.54) is 0 Å². The minimum atomic E-state index is 0.683. The van der Waals surface area contributed by atoms with Crippen LogP contribution < -0.4 is 8.85 Å². The zero-order valence-corrected chi connectivity index (χ0v) is 9.59. The van der Waals surface area contributed by atoms with E-state index in [-0.39, 0.29) is 0 Å². The van der Waals surface area contributed by atoms with Gasteiger partial charge in [-0.1, -0.05) is 0 Å². The number of rotatable bonds is 9. The number of hydrogen-bond donors (Lipinski definition) is 2. The van der Waals surface area contributed by atoms with Crippen LogP contribution >= 0.6 is 22.9 Å². The molecule has 0 heterocycles. The molecule has 0 aliphatic carbocycles. The summed E-state index contributed by atoms with van der Waals surface area (Å²) in [5, 5.41) is 3.00. The molecule has 0 saturated carbocycles. The molecule has 0 unspecified atom stereocenters. The Morgan fingerprint density at radius 1 is 1.00 bits per heavy atom. The lowest BCUT2D eigenvalue weighted by Crippen LogP contribution is -2.17. The fraction of sp³-hybridized carbons (Fsp3) is 1.00. The van der Waals surface area contributed by atoms with Crippen molar-refractivity contribution in [3.8, 4) is 0 Å². The molecule has 0 atom stereocenters. The molecule has 0 aromatic carbocycles. The second kappa shape index (κ2) is 11.6. The van der Waals surface area contributed by atoms with Crippen LogP contribution in [-0.4, -0.2) is 46.6 Å². The van der Waals surface area contributed by atoms with E-state index in [1.54, 1.807) is 0 Å². The maximum atomic E-state index is 5.24. The van der Waals surface area contributed by atoms with Crippen molar-refractivity contribution in [2.75, 3.05) is 46.6 Å². The molecule has 0 rings (SSSR count). The van der Waals surface area contributed by atoms with E-state index in [9.17, 15) is 0 Å². The zero-order valence-electron chi connectivity index (χ0n) is 7.44. The van der Waals surface area contributed by atoms with Crippen molar-refractivity contribution >= 4 is 22.9 Å². The van der Waals surface area contributed by atoms with Gasteiger partial charge in [0.2, 0.25) is 0 Å². The number of hydrogen-bond acceptors (Lipinski definition) is 4. The summed E-state index contributed by atoms with van der Waals surface area (Å²) in [6.07, 6.45) is 0. The molecule has 74 valence electrons. The molecule has 0 aromatic rings. The van der Waals surface area contributed by atoms with Crippen molar-refractivity contribution in [1.29, 1.82) is 0 Å². The van der Waals surface area contributed by atoms with E-state index in [0.717, 1.165) is 26.3 Å². The van der Waals surface area contributed by atoms with E-state index >= 15 is 0 Å². The highest BCUT2D eigenvalue weighted by Gasteiger charge is 1.88. The Hall–Kier alpha value is 0.570. The summed E-state index contributed by atoms with van der Waals surface area (Å²) in [4.78, 5) is 0. The first-order valence-corrected chi connectivity index (χ1v) is 5.13. The molecule has 0 bridgehead atoms. The van der Waals surface area contributed by atoms with Crippen LogP contribution in [0.2, 0.25) is 0 Å². The predicted octanol–water partition coefficient (Wildman–Crippen LogP) is 0.179. The lowest BCUT2D eigenvalue weighted by molar-refractivity contribution is 0.0519. The first kappa shape index (κ1) is 12.6. The lowest BCUT2D eigenvalue weighted by Gasteiger charge is -2.04. The van der Waals surface area contributed by atoms with Gasteiger partial charge in [-0.3, -0.25) is 3.53 Å². The van der Waals surface area contributed by atoms with Gasteiger partial charge in [0.15, 0.2) is 0 Å². The minimum absolute atomic E-state index is 0.683. The Morgan fingerprint density at radius 2 is 1.58 bits per heavy atom. The average Bonchev–Trinajstić information content (AvgIpc) is 2.10. The molecule has 0 spiro atoms. The summed E-state index contributed by atoms with van der Waals surface area (Å²) in [5.41, 5.74) is 0. The molecule has 0 aliphatic rings. The second-order valence-corrected chi connectivity index (χ2v) is 2.97. The zero-order chi connectivity index (χ0) is 9.07. The van der Waals surface area contributed by atoms with Gasteiger partial charge < -0.3 is 14.8 Å². The van der Waals surface area contributed by atoms with Gasteiger partial charge in [-0.2, -0.15) is 0 Å². The molecular weight excluding hydrogens is 271 g/mol. The summed E-state index contributed by atoms with van der Waals surface area (Å²) in [7, 11) is 1.91. The van der Waals surface area contributed by atoms with E-state index in [2.05, 4.69) is 31.7 Å². The quantitative estimate of drug-likeness (QED) is 0.361. The number of likely N-dealkylation sites (N-methyl/N-ethyl adjacent to an activating group) is 1. The molecule has 2 N–H and O–H groups in total. The fourth-order valence-corrected chi connectivity index (χ4v) is 0.827. The SMILES string of the molecule is CNCCOCCOCCNI. The van der Waals surface area contributed by atoms with E-state index in [1.807, 2.05) is 7.05 Å². The molecule has 12 heavy (non-hydrogen) atoms. The van der Waals surface area contributed by atoms with Crippen molar-refractivity contribution in [1.82, 2.24) is 8.85 Å². The van der Waals surface area contributed by atoms with Crippen molar-refractivity contribution in [3.63, 3.8) is 0 Å². The summed E-state index contributed by atoms with van der Waals surface area (Å²) in [6.45, 7) is 4.65. The Morgan fingerprint density at radius 3 is 2.08 bits per heavy atom. The molecule has 0 aromatic heterocycles. The van der Waals surface area contributed by atoms with Gasteiger partial charge in [0, 0.05) is 36.0 Å². The maximum Gasteiger partial charge on any atom is 0.0701 e. The normalized spacial score (nSPS) is 10.5. The van der Waals surface area contributed by atoms with Crippen LogP contribution in [0.1, 0.15) is 0 Å². The molecule has 0 radical (unpaired) electrons. The van der Waals surface area contributed by atoms with Crippen molar-refractivity contribution < 1.29 is 9.47 Å². The van der Waals surface area contributed by atoms with Crippen LogP contribution in [0.15, 0.2) is 0 Å². The number of ether oxygens (including phenoxy) is 2. The Balaban J connectivity index is 2.73. The molecule has 4 nitrogen and oxygen atoms in total. The Labute approximate surface area is 87.9 Å². The van der Waals surface area contributed by atoms with Gasteiger partial charge in [-0.15, -0.1) is 0 Å². The Kier molecular flexibility index (Phi) is 12.1. The summed E-state index contributed by atoms with van der Waals surface area (Å²) in [5.74, 6) is 0. The number of halogens is 1. The third-order valence-corrected chi connectivity index (χ3v) is 1.75. The van der Waals surface area contributed by atoms with Gasteiger partial charge in [-0.25, -0.2) is 0 Å². The molecular formula is C7H17IN2O2. The molecule has 0 amide bonds. The third kappa shape index (κ3) is 10.6. The lowest BCUT2D eigenvalue weighted by atomic mass is 10.6. The predicted molar refractivity (Wildman–Crippen MR) is 57.6 cm³/mol. The van der Waals surface area contributed by atoms with Crippen LogP contribution in [0.3, 0.4) is 0 Å². The smallest absolute Gasteiger partial charge is 0.0701 e. The first-order chi connectivity index (χ1) is 5.91. The maximum absolute atomic E-state index is 5.24. The average molecular weight is 288 g/mol. The van der Waals surface area contributed by atoms with Gasteiger partial charge in [0.05, 0.1) is 26.4 Å². The van der Waals surface area contributed by atoms with Crippen molar-refractivity contribution in [2.24, 2.45) is 0 Å². The highest BCUT2D eigenvalue weighted by Crippen LogP contribution is 1.78. The Bertz CT molecular complexity index is 75.8. The third-order valence-electron chi connectivity index (χ3n) is 1.21. The first-order valence-electron chi connectivity index (χ1n) is 4.05. The standard InChI is InChI=1S/C7H17IN2O2/c1-9-2-4-11-6-7-12-5-3-10-8/h9-10H,2-7H2,1H3. The molecule has 0 saturated heterocycles. The molecule has 5 heteroatoms. The van der Waals surface area contributed by atoms with Crippen molar-refractivity contribution in [3.05, 3.63) is 0 Å². The van der Waals surface area contributed by atoms with Crippen LogP contribution in [-0.2, 0) is 9.47 Å². The molecule has 0 aliphatic heterocycles. The fourth-order valence-electron chi connectivity index (χ4n) is 0.607. The monoisotopic (exact) mass is 288 g/mol. The second-order valence-electron chi connectivity index (χ2n) is 2.21. The van der Waals surface area contributed by atoms with Crippen LogP contribution in [0.25, 0.3) is 0 Å². The van der Waals surface area contributed by atoms with Crippen LogP contribution in [0, 0.1) is 0 Å². The number of nitrogens with one attached hydrogen (secondary N) is 2. The van der Waals surface area contributed by atoms with E-state index in [4.69, 9.17) is 9.47 Å². The topological polar surface area (TPSA) is 42.5 Å². The van der Waals surface area contributed by atoms with Crippen molar-refractivity contribution in [2.45, 2.75) is 0 Å².